The minimum atomic E-state index is 0.358. The molecule has 1 aromatic carbocycles. The molecule has 0 fully saturated rings. The summed E-state index contributed by atoms with van der Waals surface area (Å²) in [6.07, 6.45) is 0. The van der Waals surface area contributed by atoms with Crippen LogP contribution < -0.4 is 11.1 Å². The van der Waals surface area contributed by atoms with E-state index in [4.69, 9.17) is 28.9 Å². The fourth-order valence-corrected chi connectivity index (χ4v) is 2.53. The van der Waals surface area contributed by atoms with Gasteiger partial charge in [-0.2, -0.15) is 0 Å². The lowest BCUT2D eigenvalue weighted by Gasteiger charge is -2.09. The molecule has 0 saturated heterocycles. The summed E-state index contributed by atoms with van der Waals surface area (Å²) >= 11 is 13.9. The molecule has 0 unspecified atom stereocenters. The fraction of sp³-hybridized carbons (Fsp3) is 0. The smallest absolute Gasteiger partial charge is 0.134 e. The molecule has 3 nitrogen and oxygen atoms in total. The minimum Gasteiger partial charge on any atom is -0.399 e. The lowest BCUT2D eigenvalue weighted by atomic mass is 10.3. The molecular formula is C11H8Cl2IN3. The normalized spacial score (nSPS) is 10.3. The first-order chi connectivity index (χ1) is 8.04. The van der Waals surface area contributed by atoms with E-state index in [1.165, 1.54) is 0 Å². The van der Waals surface area contributed by atoms with Gasteiger partial charge in [-0.1, -0.05) is 23.2 Å². The van der Waals surface area contributed by atoms with Gasteiger partial charge in [0, 0.05) is 20.3 Å². The Kier molecular flexibility index (Phi) is 3.96. The van der Waals surface area contributed by atoms with E-state index < -0.39 is 0 Å². The average Bonchev–Trinajstić information content (AvgIpc) is 2.21. The van der Waals surface area contributed by atoms with Crippen LogP contribution >= 0.6 is 45.8 Å². The number of hydrogen-bond donors (Lipinski definition) is 2. The summed E-state index contributed by atoms with van der Waals surface area (Å²) in [6, 6.07) is 8.86. The molecule has 0 saturated carbocycles. The maximum atomic E-state index is 5.88. The summed E-state index contributed by atoms with van der Waals surface area (Å²) < 4.78 is 0.996. The second-order valence-corrected chi connectivity index (χ2v) is 5.34. The Morgan fingerprint density at radius 3 is 2.59 bits per heavy atom. The van der Waals surface area contributed by atoms with Crippen molar-refractivity contribution in [2.24, 2.45) is 0 Å². The summed E-state index contributed by atoms with van der Waals surface area (Å²) in [7, 11) is 0. The van der Waals surface area contributed by atoms with Crippen LogP contribution in [0.5, 0.6) is 0 Å². The number of nitrogen functional groups attached to an aromatic ring is 1. The number of aromatic nitrogens is 1. The summed E-state index contributed by atoms with van der Waals surface area (Å²) in [5, 5.41) is 4.19. The third-order valence-corrected chi connectivity index (χ3v) is 3.33. The highest BCUT2D eigenvalue weighted by atomic mass is 127. The second kappa shape index (κ2) is 5.29. The molecule has 0 amide bonds. The van der Waals surface area contributed by atoms with Gasteiger partial charge in [0.2, 0.25) is 0 Å². The van der Waals surface area contributed by atoms with Crippen LogP contribution in [0.15, 0.2) is 30.3 Å². The van der Waals surface area contributed by atoms with Gasteiger partial charge >= 0.3 is 0 Å². The van der Waals surface area contributed by atoms with E-state index in [1.54, 1.807) is 18.2 Å². The number of pyridine rings is 1. The summed E-state index contributed by atoms with van der Waals surface area (Å²) in [5.41, 5.74) is 7.16. The third-order valence-electron chi connectivity index (χ3n) is 2.01. The van der Waals surface area contributed by atoms with Gasteiger partial charge in [0.1, 0.15) is 11.0 Å². The van der Waals surface area contributed by atoms with E-state index in [0.29, 0.717) is 21.7 Å². The Labute approximate surface area is 122 Å². The minimum absolute atomic E-state index is 0.358. The Bertz CT molecular complexity index is 540. The standard InChI is InChI=1S/C11H8Cl2IN3/c12-6-1-2-9(8(14)3-6)16-11-5-7(15)4-10(13)17-11/h1-5H,(H3,15,16,17). The van der Waals surface area contributed by atoms with Crippen molar-refractivity contribution in [2.75, 3.05) is 11.1 Å². The van der Waals surface area contributed by atoms with Crippen LogP contribution in [-0.4, -0.2) is 4.98 Å². The summed E-state index contributed by atoms with van der Waals surface area (Å²) in [5.74, 6) is 0.607. The molecule has 2 rings (SSSR count). The zero-order valence-corrected chi connectivity index (χ0v) is 12.2. The molecule has 3 N–H and O–H groups in total. The summed E-state index contributed by atoms with van der Waals surface area (Å²) in [4.78, 5) is 4.13. The lowest BCUT2D eigenvalue weighted by Crippen LogP contribution is -1.97. The van der Waals surface area contributed by atoms with Crippen LogP contribution in [0.3, 0.4) is 0 Å². The zero-order chi connectivity index (χ0) is 12.4. The predicted molar refractivity (Wildman–Crippen MR) is 81.1 cm³/mol. The molecule has 88 valence electrons. The van der Waals surface area contributed by atoms with E-state index in [9.17, 15) is 0 Å². The maximum Gasteiger partial charge on any atom is 0.134 e. The number of halogens is 3. The van der Waals surface area contributed by atoms with Crippen LogP contribution in [-0.2, 0) is 0 Å². The monoisotopic (exact) mass is 379 g/mol. The van der Waals surface area contributed by atoms with Crippen molar-refractivity contribution >= 4 is 63.0 Å². The Hall–Kier alpha value is -0.720. The van der Waals surface area contributed by atoms with Gasteiger partial charge in [-0.3, -0.25) is 0 Å². The molecule has 0 atom stereocenters. The van der Waals surface area contributed by atoms with Gasteiger partial charge in [-0.15, -0.1) is 0 Å². The second-order valence-electron chi connectivity index (χ2n) is 3.36. The number of benzene rings is 1. The SMILES string of the molecule is Nc1cc(Cl)nc(Nc2ccc(Cl)cc2I)c1. The van der Waals surface area contributed by atoms with Crippen molar-refractivity contribution in [2.45, 2.75) is 0 Å². The van der Waals surface area contributed by atoms with Crippen molar-refractivity contribution in [3.05, 3.63) is 44.1 Å². The molecule has 2 aromatic rings. The van der Waals surface area contributed by atoms with E-state index in [-0.39, 0.29) is 0 Å². The van der Waals surface area contributed by atoms with Crippen LogP contribution in [0.25, 0.3) is 0 Å². The largest absolute Gasteiger partial charge is 0.399 e. The first-order valence-corrected chi connectivity index (χ1v) is 6.53. The Balaban J connectivity index is 2.31. The Morgan fingerprint density at radius 1 is 1.18 bits per heavy atom. The number of anilines is 3. The number of nitrogens with two attached hydrogens (primary N) is 1. The van der Waals surface area contributed by atoms with Gasteiger partial charge in [0.05, 0.1) is 5.69 Å². The van der Waals surface area contributed by atoms with Crippen molar-refractivity contribution in [1.82, 2.24) is 4.98 Å². The van der Waals surface area contributed by atoms with E-state index >= 15 is 0 Å². The van der Waals surface area contributed by atoms with Gasteiger partial charge < -0.3 is 11.1 Å². The molecular weight excluding hydrogens is 372 g/mol. The van der Waals surface area contributed by atoms with E-state index in [2.05, 4.69) is 32.9 Å². The molecule has 6 heteroatoms. The average molecular weight is 380 g/mol. The first kappa shape index (κ1) is 12.7. The fourth-order valence-electron chi connectivity index (χ4n) is 1.31. The summed E-state index contributed by atoms with van der Waals surface area (Å²) in [6.45, 7) is 0. The highest BCUT2D eigenvalue weighted by Gasteiger charge is 2.03. The highest BCUT2D eigenvalue weighted by molar-refractivity contribution is 14.1. The van der Waals surface area contributed by atoms with Gasteiger partial charge in [-0.05, 0) is 46.9 Å². The highest BCUT2D eigenvalue weighted by Crippen LogP contribution is 2.26. The lowest BCUT2D eigenvalue weighted by molar-refractivity contribution is 1.31. The van der Waals surface area contributed by atoms with E-state index in [1.807, 2.05) is 12.1 Å². The Morgan fingerprint density at radius 2 is 1.94 bits per heavy atom. The molecule has 0 spiro atoms. The molecule has 1 heterocycles. The topological polar surface area (TPSA) is 50.9 Å². The quantitative estimate of drug-likeness (QED) is 0.603. The van der Waals surface area contributed by atoms with Crippen LogP contribution in [0.4, 0.5) is 17.2 Å². The number of rotatable bonds is 2. The van der Waals surface area contributed by atoms with Gasteiger partial charge in [0.25, 0.3) is 0 Å². The van der Waals surface area contributed by atoms with E-state index in [0.717, 1.165) is 9.26 Å². The van der Waals surface area contributed by atoms with Crippen molar-refractivity contribution in [3.8, 4) is 0 Å². The predicted octanol–water partition coefficient (Wildman–Crippen LogP) is 4.32. The molecule has 0 aliphatic carbocycles. The zero-order valence-electron chi connectivity index (χ0n) is 8.55. The molecule has 0 bridgehead atoms. The third kappa shape index (κ3) is 3.37. The molecule has 0 aliphatic rings. The number of nitrogens with zero attached hydrogens (tertiary/aromatic N) is 1. The van der Waals surface area contributed by atoms with Crippen molar-refractivity contribution < 1.29 is 0 Å². The molecule has 17 heavy (non-hydrogen) atoms. The molecule has 0 aliphatic heterocycles. The van der Waals surface area contributed by atoms with Gasteiger partial charge in [-0.25, -0.2) is 4.98 Å². The van der Waals surface area contributed by atoms with Crippen molar-refractivity contribution in [1.29, 1.82) is 0 Å². The number of hydrogen-bond acceptors (Lipinski definition) is 3. The molecule has 0 radical (unpaired) electrons. The molecule has 1 aromatic heterocycles. The van der Waals surface area contributed by atoms with Gasteiger partial charge in [0.15, 0.2) is 0 Å². The van der Waals surface area contributed by atoms with Crippen molar-refractivity contribution in [3.63, 3.8) is 0 Å². The van der Waals surface area contributed by atoms with Crippen LogP contribution in [0.1, 0.15) is 0 Å². The van der Waals surface area contributed by atoms with Crippen LogP contribution in [0.2, 0.25) is 10.2 Å². The number of nitrogens with one attached hydrogen (secondary N) is 1. The maximum absolute atomic E-state index is 5.88. The first-order valence-electron chi connectivity index (χ1n) is 4.70. The van der Waals surface area contributed by atoms with Crippen LogP contribution in [0, 0.1) is 3.57 Å².